The second-order valence-corrected chi connectivity index (χ2v) is 7.22. The highest BCUT2D eigenvalue weighted by Gasteiger charge is 2.43. The summed E-state index contributed by atoms with van der Waals surface area (Å²) in [6.45, 7) is 7.33. The molecule has 0 aromatic heterocycles. The second-order valence-electron chi connectivity index (χ2n) is 7.22. The van der Waals surface area contributed by atoms with E-state index in [0.717, 1.165) is 38.8 Å². The highest BCUT2D eigenvalue weighted by Crippen LogP contribution is 2.42. The first kappa shape index (κ1) is 14.6. The van der Waals surface area contributed by atoms with Crippen LogP contribution in [0.25, 0.3) is 0 Å². The van der Waals surface area contributed by atoms with Crippen LogP contribution in [0.1, 0.15) is 59.3 Å². The molecule has 2 aliphatic rings. The molecule has 1 aliphatic heterocycles. The maximum absolute atomic E-state index is 12.2. The van der Waals surface area contributed by atoms with Crippen LogP contribution in [0.4, 0.5) is 4.79 Å². The first-order valence-electron chi connectivity index (χ1n) is 7.56. The molecule has 2 rings (SSSR count). The van der Waals surface area contributed by atoms with Crippen LogP contribution in [-0.4, -0.2) is 35.7 Å². The molecule has 2 atom stereocenters. The van der Waals surface area contributed by atoms with Gasteiger partial charge in [-0.1, -0.05) is 12.8 Å². The summed E-state index contributed by atoms with van der Waals surface area (Å²) in [6.07, 6.45) is 6.77. The van der Waals surface area contributed by atoms with Gasteiger partial charge in [0.05, 0.1) is 0 Å². The number of likely N-dealkylation sites (tertiary alicyclic amines) is 1. The largest absolute Gasteiger partial charge is 0.444 e. The van der Waals surface area contributed by atoms with Crippen molar-refractivity contribution in [1.29, 1.82) is 0 Å². The molecule has 1 saturated heterocycles. The van der Waals surface area contributed by atoms with Gasteiger partial charge in [-0.2, -0.15) is 0 Å². The minimum absolute atomic E-state index is 0.146. The second kappa shape index (κ2) is 5.31. The van der Waals surface area contributed by atoms with Gasteiger partial charge in [0.15, 0.2) is 0 Å². The number of amides is 1. The molecule has 4 nitrogen and oxygen atoms in total. The number of hydrogen-bond donors (Lipinski definition) is 1. The van der Waals surface area contributed by atoms with E-state index in [1.165, 1.54) is 12.8 Å². The molecule has 0 bridgehead atoms. The van der Waals surface area contributed by atoms with Gasteiger partial charge in [0.1, 0.15) is 5.60 Å². The normalized spacial score (nSPS) is 32.4. The third-order valence-electron chi connectivity index (χ3n) is 4.49. The van der Waals surface area contributed by atoms with Crippen LogP contribution < -0.4 is 5.73 Å². The van der Waals surface area contributed by atoms with Crippen molar-refractivity contribution in [2.45, 2.75) is 70.9 Å². The highest BCUT2D eigenvalue weighted by molar-refractivity contribution is 5.68. The molecule has 0 radical (unpaired) electrons. The average molecular weight is 268 g/mol. The van der Waals surface area contributed by atoms with Gasteiger partial charge in [0.2, 0.25) is 0 Å². The monoisotopic (exact) mass is 268 g/mol. The van der Waals surface area contributed by atoms with Gasteiger partial charge >= 0.3 is 6.09 Å². The summed E-state index contributed by atoms with van der Waals surface area (Å²) in [5.74, 6) is 0. The zero-order valence-electron chi connectivity index (χ0n) is 12.6. The Bertz CT molecular complexity index is 334. The molecule has 1 heterocycles. The van der Waals surface area contributed by atoms with Gasteiger partial charge in [0.25, 0.3) is 0 Å². The van der Waals surface area contributed by atoms with Crippen LogP contribution >= 0.6 is 0 Å². The quantitative estimate of drug-likeness (QED) is 0.735. The standard InChI is InChI=1S/C15H28N2O2/c1-14(2,3)19-13(18)17-10-6-9-15(11-17)8-5-4-7-12(15)16/h12H,4-11,16H2,1-3H3. The van der Waals surface area contributed by atoms with Crippen molar-refractivity contribution < 1.29 is 9.53 Å². The van der Waals surface area contributed by atoms with Crippen molar-refractivity contribution >= 4 is 6.09 Å². The van der Waals surface area contributed by atoms with E-state index < -0.39 is 5.60 Å². The van der Waals surface area contributed by atoms with Crippen LogP contribution in [0, 0.1) is 5.41 Å². The number of carbonyl (C=O) groups is 1. The number of rotatable bonds is 0. The molecular weight excluding hydrogens is 240 g/mol. The molecule has 2 fully saturated rings. The first-order valence-corrected chi connectivity index (χ1v) is 7.56. The lowest BCUT2D eigenvalue weighted by Crippen LogP contribution is -2.56. The van der Waals surface area contributed by atoms with E-state index in [-0.39, 0.29) is 17.6 Å². The fourth-order valence-electron chi connectivity index (χ4n) is 3.48. The maximum atomic E-state index is 12.2. The molecule has 4 heteroatoms. The zero-order valence-corrected chi connectivity index (χ0v) is 12.6. The number of piperidine rings is 1. The molecule has 0 aromatic rings. The van der Waals surface area contributed by atoms with Crippen LogP contribution in [0.2, 0.25) is 0 Å². The van der Waals surface area contributed by atoms with Gasteiger partial charge in [-0.15, -0.1) is 0 Å². The average Bonchev–Trinajstić information content (AvgIpc) is 2.31. The summed E-state index contributed by atoms with van der Waals surface area (Å²) >= 11 is 0. The molecule has 1 spiro atoms. The van der Waals surface area contributed by atoms with Crippen molar-refractivity contribution in [2.75, 3.05) is 13.1 Å². The Balaban J connectivity index is 2.02. The molecule has 1 saturated carbocycles. The third kappa shape index (κ3) is 3.41. The smallest absolute Gasteiger partial charge is 0.410 e. The Hall–Kier alpha value is -0.770. The molecule has 1 aliphatic carbocycles. The summed E-state index contributed by atoms with van der Waals surface area (Å²) in [5, 5.41) is 0. The molecule has 2 N–H and O–H groups in total. The summed E-state index contributed by atoms with van der Waals surface area (Å²) in [5.41, 5.74) is 6.08. The number of nitrogens with zero attached hydrogens (tertiary/aromatic N) is 1. The lowest BCUT2D eigenvalue weighted by Gasteiger charge is -2.48. The summed E-state index contributed by atoms with van der Waals surface area (Å²) in [7, 11) is 0. The Labute approximate surface area is 116 Å². The van der Waals surface area contributed by atoms with Gasteiger partial charge < -0.3 is 15.4 Å². The topological polar surface area (TPSA) is 55.6 Å². The van der Waals surface area contributed by atoms with Gasteiger partial charge in [0, 0.05) is 24.5 Å². The Morgan fingerprint density at radius 3 is 2.58 bits per heavy atom. The molecule has 1 amide bonds. The van der Waals surface area contributed by atoms with E-state index in [9.17, 15) is 4.79 Å². The SMILES string of the molecule is CC(C)(C)OC(=O)N1CCCC2(CCCCC2N)C1. The fourth-order valence-corrected chi connectivity index (χ4v) is 3.48. The molecule has 110 valence electrons. The van der Waals surface area contributed by atoms with E-state index in [2.05, 4.69) is 0 Å². The van der Waals surface area contributed by atoms with Crippen molar-refractivity contribution in [3.8, 4) is 0 Å². The minimum atomic E-state index is -0.420. The van der Waals surface area contributed by atoms with E-state index in [1.54, 1.807) is 0 Å². The van der Waals surface area contributed by atoms with E-state index >= 15 is 0 Å². The van der Waals surface area contributed by atoms with E-state index in [0.29, 0.717) is 0 Å². The number of hydrogen-bond acceptors (Lipinski definition) is 3. The third-order valence-corrected chi connectivity index (χ3v) is 4.49. The predicted octanol–water partition coefficient (Wildman–Crippen LogP) is 2.91. The lowest BCUT2D eigenvalue weighted by molar-refractivity contribution is -0.00849. The van der Waals surface area contributed by atoms with Gasteiger partial charge in [-0.05, 0) is 46.5 Å². The number of carbonyl (C=O) groups excluding carboxylic acids is 1. The fraction of sp³-hybridized carbons (Fsp3) is 0.933. The summed E-state index contributed by atoms with van der Waals surface area (Å²) in [4.78, 5) is 14.1. The van der Waals surface area contributed by atoms with E-state index in [1.807, 2.05) is 25.7 Å². The predicted molar refractivity (Wildman–Crippen MR) is 75.9 cm³/mol. The minimum Gasteiger partial charge on any atom is -0.444 e. The molecule has 2 unspecified atom stereocenters. The number of ether oxygens (including phenoxy) is 1. The lowest BCUT2D eigenvalue weighted by atomic mass is 9.66. The van der Waals surface area contributed by atoms with Gasteiger partial charge in [-0.25, -0.2) is 4.79 Å². The van der Waals surface area contributed by atoms with Crippen LogP contribution in [0.15, 0.2) is 0 Å². The van der Waals surface area contributed by atoms with Crippen molar-refractivity contribution in [1.82, 2.24) is 4.90 Å². The Morgan fingerprint density at radius 2 is 1.95 bits per heavy atom. The van der Waals surface area contributed by atoms with Crippen LogP contribution in [0.5, 0.6) is 0 Å². The number of nitrogens with two attached hydrogens (primary N) is 1. The Kier molecular flexibility index (Phi) is 4.09. The van der Waals surface area contributed by atoms with Gasteiger partial charge in [-0.3, -0.25) is 0 Å². The Morgan fingerprint density at radius 1 is 1.26 bits per heavy atom. The van der Waals surface area contributed by atoms with Crippen molar-refractivity contribution in [2.24, 2.45) is 11.1 Å². The van der Waals surface area contributed by atoms with Crippen LogP contribution in [0.3, 0.4) is 0 Å². The maximum Gasteiger partial charge on any atom is 0.410 e. The summed E-state index contributed by atoms with van der Waals surface area (Å²) in [6, 6.07) is 0.242. The van der Waals surface area contributed by atoms with Crippen LogP contribution in [-0.2, 0) is 4.74 Å². The highest BCUT2D eigenvalue weighted by atomic mass is 16.6. The van der Waals surface area contributed by atoms with Crippen molar-refractivity contribution in [3.63, 3.8) is 0 Å². The zero-order chi connectivity index (χ0) is 14.1. The molecule has 19 heavy (non-hydrogen) atoms. The first-order chi connectivity index (χ1) is 8.82. The molecular formula is C15H28N2O2. The van der Waals surface area contributed by atoms with E-state index in [4.69, 9.17) is 10.5 Å². The van der Waals surface area contributed by atoms with Crippen molar-refractivity contribution in [3.05, 3.63) is 0 Å². The summed E-state index contributed by atoms with van der Waals surface area (Å²) < 4.78 is 5.49. The molecule has 0 aromatic carbocycles.